The van der Waals surface area contributed by atoms with Crippen LogP contribution in [0.5, 0.6) is 0 Å². The smallest absolute Gasteiger partial charge is 0.312 e. The maximum Gasteiger partial charge on any atom is 0.312 e. The van der Waals surface area contributed by atoms with Gasteiger partial charge < -0.3 is 4.90 Å². The summed E-state index contributed by atoms with van der Waals surface area (Å²) in [5, 5.41) is 24.0. The minimum Gasteiger partial charge on any atom is -0.336 e. The number of hydrogen-bond acceptors (Lipinski definition) is 6. The molecular weight excluding hydrogens is 376 g/mol. The molecule has 11 nitrogen and oxygen atoms in total. The average Bonchev–Trinajstić information content (AvgIpc) is 3.34. The van der Waals surface area contributed by atoms with Gasteiger partial charge in [0, 0.05) is 37.6 Å². The molecule has 0 N–H and O–H groups in total. The lowest BCUT2D eigenvalue weighted by atomic mass is 10.2. The van der Waals surface area contributed by atoms with Gasteiger partial charge in [0.15, 0.2) is 0 Å². The summed E-state index contributed by atoms with van der Waals surface area (Å²) in [6, 6.07) is 1.63. The molecule has 0 aliphatic carbocycles. The van der Waals surface area contributed by atoms with Crippen molar-refractivity contribution in [2.75, 3.05) is 7.05 Å². The van der Waals surface area contributed by atoms with Crippen molar-refractivity contribution in [1.29, 1.82) is 0 Å². The van der Waals surface area contributed by atoms with Gasteiger partial charge in [-0.1, -0.05) is 0 Å². The van der Waals surface area contributed by atoms with E-state index in [1.165, 1.54) is 9.36 Å². The molecule has 11 heteroatoms. The van der Waals surface area contributed by atoms with Gasteiger partial charge in [0.2, 0.25) is 0 Å². The fourth-order valence-electron chi connectivity index (χ4n) is 3.26. The number of nitro groups is 1. The Morgan fingerprint density at radius 2 is 1.93 bits per heavy atom. The molecule has 0 atom stereocenters. The van der Waals surface area contributed by atoms with Crippen LogP contribution in [0.25, 0.3) is 0 Å². The van der Waals surface area contributed by atoms with E-state index in [4.69, 9.17) is 0 Å². The monoisotopic (exact) mass is 400 g/mol. The lowest BCUT2D eigenvalue weighted by molar-refractivity contribution is -0.386. The van der Waals surface area contributed by atoms with Crippen LogP contribution in [0.1, 0.15) is 40.1 Å². The molecule has 0 bridgehead atoms. The highest BCUT2D eigenvalue weighted by molar-refractivity contribution is 5.91. The molecule has 3 heterocycles. The summed E-state index contributed by atoms with van der Waals surface area (Å²) in [6.07, 6.45) is 3.43. The fourth-order valence-corrected chi connectivity index (χ4v) is 3.26. The Hall–Kier alpha value is -3.50. The van der Waals surface area contributed by atoms with E-state index in [0.29, 0.717) is 23.6 Å². The first-order valence-corrected chi connectivity index (χ1v) is 9.21. The summed E-state index contributed by atoms with van der Waals surface area (Å²) in [5.41, 5.74) is 3.09. The zero-order chi connectivity index (χ0) is 21.3. The second kappa shape index (κ2) is 7.86. The van der Waals surface area contributed by atoms with E-state index < -0.39 is 4.92 Å². The van der Waals surface area contributed by atoms with Crippen LogP contribution in [0.4, 0.5) is 5.69 Å². The second-order valence-electron chi connectivity index (χ2n) is 6.89. The van der Waals surface area contributed by atoms with Crippen LogP contribution >= 0.6 is 0 Å². The van der Waals surface area contributed by atoms with Crippen molar-refractivity contribution in [1.82, 2.24) is 34.2 Å². The van der Waals surface area contributed by atoms with Crippen LogP contribution in [0.2, 0.25) is 0 Å². The number of carbonyl (C=O) groups excluding carboxylic acids is 1. The van der Waals surface area contributed by atoms with E-state index >= 15 is 0 Å². The molecule has 3 rings (SSSR count). The normalized spacial score (nSPS) is 11.1. The molecule has 0 aliphatic heterocycles. The molecule has 0 saturated carbocycles. The Kier molecular flexibility index (Phi) is 5.48. The zero-order valence-electron chi connectivity index (χ0n) is 17.2. The van der Waals surface area contributed by atoms with Gasteiger partial charge in [-0.3, -0.25) is 24.3 Å². The Bertz CT molecular complexity index is 1060. The minimum atomic E-state index is -0.441. The van der Waals surface area contributed by atoms with Crippen molar-refractivity contribution in [3.63, 3.8) is 0 Å². The Morgan fingerprint density at radius 1 is 1.21 bits per heavy atom. The van der Waals surface area contributed by atoms with Crippen LogP contribution in [0, 0.1) is 30.9 Å². The first-order chi connectivity index (χ1) is 13.7. The van der Waals surface area contributed by atoms with Gasteiger partial charge in [0.05, 0.1) is 11.1 Å². The summed E-state index contributed by atoms with van der Waals surface area (Å²) in [6.45, 7) is 8.62. The van der Waals surface area contributed by atoms with Crippen molar-refractivity contribution in [2.45, 2.75) is 47.5 Å². The van der Waals surface area contributed by atoms with Crippen molar-refractivity contribution in [3.8, 4) is 0 Å². The third-order valence-electron chi connectivity index (χ3n) is 4.92. The summed E-state index contributed by atoms with van der Waals surface area (Å²) < 4.78 is 4.92. The summed E-state index contributed by atoms with van der Waals surface area (Å²) in [4.78, 5) is 25.0. The molecule has 0 radical (unpaired) electrons. The van der Waals surface area contributed by atoms with Crippen LogP contribution in [0.3, 0.4) is 0 Å². The lowest BCUT2D eigenvalue weighted by Crippen LogP contribution is -2.27. The van der Waals surface area contributed by atoms with E-state index in [1.54, 1.807) is 44.3 Å². The van der Waals surface area contributed by atoms with E-state index in [0.717, 1.165) is 17.8 Å². The number of aryl methyl sites for hydroxylation is 2. The van der Waals surface area contributed by atoms with Gasteiger partial charge in [-0.15, -0.1) is 0 Å². The molecule has 0 aliphatic rings. The van der Waals surface area contributed by atoms with Gasteiger partial charge in [0.1, 0.15) is 23.8 Å². The van der Waals surface area contributed by atoms with Crippen molar-refractivity contribution >= 4 is 11.6 Å². The molecule has 3 aromatic rings. The SMILES string of the molecule is CCn1ncc(CN(C)C(=O)c2ccn(Cn3nc(C)c([N+](=O)[O-])c3C)n2)c1C. The standard InChI is InChI=1S/C18H24N8O3/c1-6-24-13(3)15(9-19-24)10-22(5)18(27)16-7-8-23(21-16)11-25-14(4)17(26(28)29)12(2)20-25/h7-9H,6,10-11H2,1-5H3. The number of carbonyl (C=O) groups is 1. The summed E-state index contributed by atoms with van der Waals surface area (Å²) in [7, 11) is 1.72. The van der Waals surface area contributed by atoms with Gasteiger partial charge >= 0.3 is 5.69 Å². The second-order valence-corrected chi connectivity index (χ2v) is 6.89. The molecule has 29 heavy (non-hydrogen) atoms. The van der Waals surface area contributed by atoms with Crippen LogP contribution < -0.4 is 0 Å². The lowest BCUT2D eigenvalue weighted by Gasteiger charge is -2.15. The largest absolute Gasteiger partial charge is 0.336 e. The summed E-state index contributed by atoms with van der Waals surface area (Å²) in [5.74, 6) is -0.216. The van der Waals surface area contributed by atoms with Gasteiger partial charge in [-0.25, -0.2) is 4.68 Å². The first-order valence-electron chi connectivity index (χ1n) is 9.21. The van der Waals surface area contributed by atoms with Crippen LogP contribution in [0.15, 0.2) is 18.5 Å². The van der Waals surface area contributed by atoms with Gasteiger partial charge in [-0.05, 0) is 33.8 Å². The number of hydrogen-bond donors (Lipinski definition) is 0. The van der Waals surface area contributed by atoms with Crippen molar-refractivity contribution in [3.05, 3.63) is 56.9 Å². The molecule has 0 unspecified atom stereocenters. The molecule has 0 spiro atoms. The van der Waals surface area contributed by atoms with Crippen LogP contribution in [-0.4, -0.2) is 52.1 Å². The number of rotatable bonds is 7. The Labute approximate surface area is 167 Å². The fraction of sp³-hybridized carbons (Fsp3) is 0.444. The maximum absolute atomic E-state index is 12.7. The number of nitrogens with zero attached hydrogens (tertiary/aromatic N) is 8. The maximum atomic E-state index is 12.7. The van der Waals surface area contributed by atoms with Crippen LogP contribution in [-0.2, 0) is 19.8 Å². The topological polar surface area (TPSA) is 117 Å². The molecular formula is C18H24N8O3. The van der Waals surface area contributed by atoms with Gasteiger partial charge in [-0.2, -0.15) is 15.3 Å². The summed E-state index contributed by atoms with van der Waals surface area (Å²) >= 11 is 0. The minimum absolute atomic E-state index is 0.00353. The van der Waals surface area contributed by atoms with Crippen molar-refractivity contribution in [2.24, 2.45) is 0 Å². The predicted octanol–water partition coefficient (Wildman–Crippen LogP) is 1.91. The van der Waals surface area contributed by atoms with E-state index in [9.17, 15) is 14.9 Å². The van der Waals surface area contributed by atoms with Crippen molar-refractivity contribution < 1.29 is 9.72 Å². The zero-order valence-corrected chi connectivity index (χ0v) is 17.2. The highest BCUT2D eigenvalue weighted by atomic mass is 16.6. The molecule has 0 fully saturated rings. The Morgan fingerprint density at radius 3 is 2.52 bits per heavy atom. The molecule has 0 aromatic carbocycles. The number of amides is 1. The highest BCUT2D eigenvalue weighted by Gasteiger charge is 2.22. The van der Waals surface area contributed by atoms with Gasteiger partial charge in [0.25, 0.3) is 5.91 Å². The average molecular weight is 400 g/mol. The molecule has 3 aromatic heterocycles. The molecule has 1 amide bonds. The third-order valence-corrected chi connectivity index (χ3v) is 4.92. The molecule has 0 saturated heterocycles. The van der Waals surface area contributed by atoms with E-state index in [2.05, 4.69) is 15.3 Å². The quantitative estimate of drug-likeness (QED) is 0.442. The Balaban J connectivity index is 1.72. The predicted molar refractivity (Wildman–Crippen MR) is 104 cm³/mol. The first kappa shape index (κ1) is 20.2. The third kappa shape index (κ3) is 3.89. The molecule has 154 valence electrons. The van der Waals surface area contributed by atoms with E-state index in [-0.39, 0.29) is 18.3 Å². The number of aromatic nitrogens is 6. The highest BCUT2D eigenvalue weighted by Crippen LogP contribution is 2.21. The van der Waals surface area contributed by atoms with E-state index in [1.807, 2.05) is 18.5 Å².